The molecule has 2 amide bonds. The molecule has 0 spiro atoms. The van der Waals surface area contributed by atoms with E-state index in [0.717, 1.165) is 17.5 Å². The van der Waals surface area contributed by atoms with Crippen LogP contribution in [0.4, 0.5) is 13.2 Å². The fourth-order valence-corrected chi connectivity index (χ4v) is 5.57. The van der Waals surface area contributed by atoms with Crippen molar-refractivity contribution in [3.63, 3.8) is 0 Å². The first kappa shape index (κ1) is 18.9. The number of halogens is 3. The average molecular weight is 406 g/mol. The molecular weight excluding hydrogens is 381 g/mol. The minimum atomic E-state index is -4.17. The Balaban J connectivity index is 1.26. The molecule has 0 aromatic heterocycles. The summed E-state index contributed by atoms with van der Waals surface area (Å²) in [6.45, 7) is 1.14. The third kappa shape index (κ3) is 3.32. The van der Waals surface area contributed by atoms with E-state index in [9.17, 15) is 22.8 Å². The van der Waals surface area contributed by atoms with Crippen molar-refractivity contribution in [2.45, 2.75) is 69.9 Å². The van der Waals surface area contributed by atoms with Crippen molar-refractivity contribution in [3.05, 3.63) is 35.4 Å². The highest BCUT2D eigenvalue weighted by Crippen LogP contribution is 2.50. The molecule has 0 unspecified atom stereocenters. The van der Waals surface area contributed by atoms with E-state index in [1.54, 1.807) is 4.90 Å². The summed E-state index contributed by atoms with van der Waals surface area (Å²) >= 11 is 0. The van der Waals surface area contributed by atoms with E-state index in [1.165, 1.54) is 0 Å². The molecule has 3 fully saturated rings. The second kappa shape index (κ2) is 6.74. The van der Waals surface area contributed by atoms with E-state index < -0.39 is 18.1 Å². The van der Waals surface area contributed by atoms with Gasteiger partial charge < -0.3 is 9.80 Å². The van der Waals surface area contributed by atoms with Gasteiger partial charge in [0, 0.05) is 25.0 Å². The Morgan fingerprint density at radius 2 is 1.52 bits per heavy atom. The summed E-state index contributed by atoms with van der Waals surface area (Å²) in [4.78, 5) is 30.0. The average Bonchev–Trinajstić information content (AvgIpc) is 3.17. The van der Waals surface area contributed by atoms with E-state index in [0.29, 0.717) is 25.4 Å². The summed E-state index contributed by atoms with van der Waals surface area (Å²) in [7, 11) is 0. The Kier molecular flexibility index (Phi) is 4.40. The zero-order chi connectivity index (χ0) is 20.3. The second-order valence-electron chi connectivity index (χ2n) is 9.11. The first-order valence-electron chi connectivity index (χ1n) is 10.6. The molecule has 1 aromatic rings. The zero-order valence-corrected chi connectivity index (χ0v) is 16.2. The van der Waals surface area contributed by atoms with Gasteiger partial charge in [0.2, 0.25) is 11.8 Å². The summed E-state index contributed by atoms with van der Waals surface area (Å²) in [5, 5.41) is 0. The number of amides is 2. The van der Waals surface area contributed by atoms with Crippen molar-refractivity contribution in [2.24, 2.45) is 17.8 Å². The maximum atomic E-state index is 13.2. The molecule has 0 radical (unpaired) electrons. The molecule has 1 aromatic carbocycles. The monoisotopic (exact) mass is 406 g/mol. The highest BCUT2D eigenvalue weighted by Gasteiger charge is 2.58. The lowest BCUT2D eigenvalue weighted by molar-refractivity contribution is -0.185. The highest BCUT2D eigenvalue weighted by atomic mass is 19.4. The SMILES string of the molecule is O=C([C@@H]1C[C@@H]2C[C@@H]2N1C(=O)C1CCC(C(F)(F)F)CC1)N1Cc2ccccc2C1. The molecule has 2 aliphatic heterocycles. The van der Waals surface area contributed by atoms with Crippen molar-refractivity contribution >= 4 is 11.8 Å². The van der Waals surface area contributed by atoms with Gasteiger partial charge in [-0.15, -0.1) is 0 Å². The Hall–Kier alpha value is -2.05. The molecular formula is C22H25F3N2O2. The van der Waals surface area contributed by atoms with Crippen LogP contribution >= 0.6 is 0 Å². The van der Waals surface area contributed by atoms with Crippen LogP contribution in [0.25, 0.3) is 0 Å². The van der Waals surface area contributed by atoms with E-state index in [4.69, 9.17) is 0 Å². The Morgan fingerprint density at radius 3 is 2.10 bits per heavy atom. The van der Waals surface area contributed by atoms with Gasteiger partial charge in [0.05, 0.1) is 5.92 Å². The quantitative estimate of drug-likeness (QED) is 0.748. The van der Waals surface area contributed by atoms with Gasteiger partial charge in [-0.3, -0.25) is 9.59 Å². The molecule has 7 heteroatoms. The van der Waals surface area contributed by atoms with Crippen molar-refractivity contribution in [1.82, 2.24) is 9.80 Å². The third-order valence-electron chi connectivity index (χ3n) is 7.34. The number of nitrogens with zero attached hydrogens (tertiary/aromatic N) is 2. The zero-order valence-electron chi connectivity index (χ0n) is 16.2. The lowest BCUT2D eigenvalue weighted by Crippen LogP contribution is -2.50. The number of hydrogen-bond acceptors (Lipinski definition) is 2. The first-order chi connectivity index (χ1) is 13.8. The topological polar surface area (TPSA) is 40.6 Å². The number of alkyl halides is 3. The van der Waals surface area contributed by atoms with Crippen LogP contribution in [0.2, 0.25) is 0 Å². The Labute approximate surface area is 168 Å². The maximum Gasteiger partial charge on any atom is 0.391 e. The van der Waals surface area contributed by atoms with Crippen LogP contribution in [-0.2, 0) is 22.7 Å². The van der Waals surface area contributed by atoms with Gasteiger partial charge >= 0.3 is 6.18 Å². The summed E-state index contributed by atoms with van der Waals surface area (Å²) in [5.74, 6) is -1.39. The number of fused-ring (bicyclic) bond motifs is 2. The number of benzene rings is 1. The number of likely N-dealkylation sites (tertiary alicyclic amines) is 1. The first-order valence-corrected chi connectivity index (χ1v) is 10.6. The molecule has 0 bridgehead atoms. The Morgan fingerprint density at radius 1 is 0.897 bits per heavy atom. The molecule has 2 saturated carbocycles. The van der Waals surface area contributed by atoms with Crippen molar-refractivity contribution in [2.75, 3.05) is 0 Å². The van der Waals surface area contributed by atoms with Crippen LogP contribution in [0.15, 0.2) is 24.3 Å². The summed E-state index contributed by atoms with van der Waals surface area (Å²) in [6, 6.07) is 7.64. The van der Waals surface area contributed by atoms with Gasteiger partial charge in [0.25, 0.3) is 0 Å². The smallest absolute Gasteiger partial charge is 0.332 e. The number of rotatable bonds is 2. The van der Waals surface area contributed by atoms with Crippen LogP contribution in [0.3, 0.4) is 0 Å². The van der Waals surface area contributed by atoms with Gasteiger partial charge in [-0.2, -0.15) is 13.2 Å². The lowest BCUT2D eigenvalue weighted by atomic mass is 9.81. The number of carbonyl (C=O) groups is 2. The fraction of sp³-hybridized carbons (Fsp3) is 0.636. The number of piperidine rings is 1. The summed E-state index contributed by atoms with van der Waals surface area (Å²) in [5.41, 5.74) is 2.29. The molecule has 3 atom stereocenters. The van der Waals surface area contributed by atoms with Gasteiger partial charge in [-0.05, 0) is 55.6 Å². The molecule has 0 N–H and O–H groups in total. The van der Waals surface area contributed by atoms with Crippen molar-refractivity contribution < 1.29 is 22.8 Å². The molecule has 1 saturated heterocycles. The van der Waals surface area contributed by atoms with Crippen LogP contribution in [0.5, 0.6) is 0 Å². The predicted molar refractivity (Wildman–Crippen MR) is 99.3 cm³/mol. The van der Waals surface area contributed by atoms with Crippen LogP contribution in [-0.4, -0.2) is 39.9 Å². The largest absolute Gasteiger partial charge is 0.391 e. The number of hydrogen-bond donors (Lipinski definition) is 0. The van der Waals surface area contributed by atoms with E-state index >= 15 is 0 Å². The number of carbonyl (C=O) groups excluding carboxylic acids is 2. The van der Waals surface area contributed by atoms with Gasteiger partial charge in [-0.25, -0.2) is 0 Å². The molecule has 2 aliphatic carbocycles. The van der Waals surface area contributed by atoms with E-state index in [1.807, 2.05) is 29.2 Å². The predicted octanol–water partition coefficient (Wildman–Crippen LogP) is 3.89. The van der Waals surface area contributed by atoms with Crippen LogP contribution < -0.4 is 0 Å². The summed E-state index contributed by atoms with van der Waals surface area (Å²) in [6.07, 6.45) is -1.98. The van der Waals surface area contributed by atoms with Gasteiger partial charge in [-0.1, -0.05) is 24.3 Å². The molecule has 4 nitrogen and oxygen atoms in total. The maximum absolute atomic E-state index is 13.2. The van der Waals surface area contributed by atoms with Crippen molar-refractivity contribution in [1.29, 1.82) is 0 Å². The molecule has 4 aliphatic rings. The summed E-state index contributed by atoms with van der Waals surface area (Å²) < 4.78 is 38.8. The highest BCUT2D eigenvalue weighted by molar-refractivity contribution is 5.90. The van der Waals surface area contributed by atoms with Crippen LogP contribution in [0.1, 0.15) is 49.7 Å². The minimum Gasteiger partial charge on any atom is -0.332 e. The molecule has 5 rings (SSSR count). The Bertz CT molecular complexity index is 807. The standard InChI is InChI=1S/C22H25F3N2O2/c23-22(24,25)17-7-5-13(6-8-17)20(28)27-18-9-16(18)10-19(27)21(29)26-11-14-3-1-2-4-15(14)12-26/h1-4,13,16-19H,5-12H2/t13?,16-,17?,18-,19-/m0/s1. The fourth-order valence-electron chi connectivity index (χ4n) is 5.57. The van der Waals surface area contributed by atoms with Gasteiger partial charge in [0.15, 0.2) is 0 Å². The molecule has 156 valence electrons. The third-order valence-corrected chi connectivity index (χ3v) is 7.34. The molecule has 29 heavy (non-hydrogen) atoms. The van der Waals surface area contributed by atoms with E-state index in [-0.39, 0.29) is 49.5 Å². The van der Waals surface area contributed by atoms with Crippen molar-refractivity contribution in [3.8, 4) is 0 Å². The lowest BCUT2D eigenvalue weighted by Gasteiger charge is -2.35. The minimum absolute atomic E-state index is 0.00859. The second-order valence-corrected chi connectivity index (χ2v) is 9.11. The normalized spacial score (nSPS) is 33.4. The van der Waals surface area contributed by atoms with Gasteiger partial charge in [0.1, 0.15) is 6.04 Å². The van der Waals surface area contributed by atoms with E-state index in [2.05, 4.69) is 0 Å². The molecule has 2 heterocycles. The van der Waals surface area contributed by atoms with Crippen LogP contribution in [0, 0.1) is 17.8 Å².